The maximum atomic E-state index is 12.2. The number of amides is 2. The summed E-state index contributed by atoms with van der Waals surface area (Å²) in [7, 11) is 0. The molecule has 0 aliphatic rings. The third-order valence-electron chi connectivity index (χ3n) is 1.48. The molecule has 0 saturated heterocycles. The zero-order valence-corrected chi connectivity index (χ0v) is 13.8. The van der Waals surface area contributed by atoms with Crippen LogP contribution in [0.4, 0.5) is 18.0 Å². The maximum absolute atomic E-state index is 12.2. The zero-order valence-electron chi connectivity index (χ0n) is 9.38. The number of nitrogens with one attached hydrogen (secondary N) is 1. The molecule has 0 fully saturated rings. The number of ether oxygens (including phenoxy) is 1. The van der Waals surface area contributed by atoms with Gasteiger partial charge in [0.05, 0.1) is 0 Å². The molecule has 1 heterocycles. The molecule has 1 rings (SSSR count). The molecule has 1 aromatic heterocycles. The van der Waals surface area contributed by atoms with Gasteiger partial charge < -0.3 is 0 Å². The summed E-state index contributed by atoms with van der Waals surface area (Å²) < 4.78 is 42.1. The monoisotopic (exact) mass is 482 g/mol. The number of hydrogen-bond donors (Lipinski definition) is 1. The first kappa shape index (κ1) is 18.5. The van der Waals surface area contributed by atoms with E-state index < -0.39 is 49.1 Å². The number of halogens is 7. The van der Waals surface area contributed by atoms with Gasteiger partial charge in [0.2, 0.25) is 0 Å². The Labute approximate surface area is 139 Å². The quantitative estimate of drug-likeness (QED) is 0.435. The fourth-order valence-electron chi connectivity index (χ4n) is 0.700. The van der Waals surface area contributed by atoms with Gasteiger partial charge in [0.25, 0.3) is 0 Å². The van der Waals surface area contributed by atoms with E-state index in [0.717, 1.165) is 0 Å². The van der Waals surface area contributed by atoms with Gasteiger partial charge in [-0.3, -0.25) is 0 Å². The van der Waals surface area contributed by atoms with E-state index in [1.54, 1.807) is 5.32 Å². The summed E-state index contributed by atoms with van der Waals surface area (Å²) in [4.78, 5) is 25.2. The molecule has 0 aliphatic carbocycles. The normalized spacial score (nSPS) is 12.3. The molecule has 0 unspecified atom stereocenters. The van der Waals surface area contributed by atoms with Gasteiger partial charge >= 0.3 is 140 Å². The average molecular weight is 483 g/mol. The van der Waals surface area contributed by atoms with E-state index in [1.807, 2.05) is 0 Å². The van der Waals surface area contributed by atoms with Crippen LogP contribution in [0.25, 0.3) is 0 Å². The van der Waals surface area contributed by atoms with Crippen molar-refractivity contribution in [3.05, 3.63) is 9.72 Å². The number of alkyl halides is 7. The molecule has 0 spiro atoms. The standard InChI is InChI=1S/C7H3Cl3F3IN3O4/c8-6(9,10)2(18)15-5(19)20-1-14-4-16-3(21-17-4)7(11,12)13/h1H2,(H,15,18,19)/q-1. The Hall–Kier alpha value is -0.530. The number of hydrogen-bond acceptors (Lipinski definition) is 6. The molecule has 14 heteroatoms. The molecule has 2 amide bonds. The van der Waals surface area contributed by atoms with Gasteiger partial charge in [-0.2, -0.15) is 0 Å². The third kappa shape index (κ3) is 6.40. The first-order valence-corrected chi connectivity index (χ1v) is 8.29. The Balaban J connectivity index is 2.39. The van der Waals surface area contributed by atoms with Crippen molar-refractivity contribution in [1.29, 1.82) is 0 Å². The van der Waals surface area contributed by atoms with E-state index in [4.69, 9.17) is 34.8 Å². The van der Waals surface area contributed by atoms with E-state index in [2.05, 4.69) is 19.4 Å². The number of nitrogens with zero attached hydrogens (tertiary/aromatic N) is 2. The van der Waals surface area contributed by atoms with Crippen LogP contribution >= 0.6 is 34.8 Å². The van der Waals surface area contributed by atoms with Crippen molar-refractivity contribution < 1.29 is 53.2 Å². The Bertz CT molecular complexity index is 533. The SMILES string of the molecule is O=C(NC(=O)C(Cl)(Cl)Cl)OC[I-]c1noc(C(F)(F)F)n1. The van der Waals surface area contributed by atoms with Crippen molar-refractivity contribution in [3.63, 3.8) is 0 Å². The molecule has 1 N–H and O–H groups in total. The van der Waals surface area contributed by atoms with Crippen molar-refractivity contribution >= 4 is 46.8 Å². The number of rotatable bonds is 3. The third-order valence-corrected chi connectivity index (χ3v) is 3.73. The predicted molar refractivity (Wildman–Crippen MR) is 57.8 cm³/mol. The van der Waals surface area contributed by atoms with Crippen LogP contribution in [0.1, 0.15) is 5.89 Å². The fraction of sp³-hybridized carbons (Fsp3) is 0.429. The van der Waals surface area contributed by atoms with Crippen molar-refractivity contribution in [2.45, 2.75) is 9.97 Å². The Kier molecular flexibility index (Phi) is 6.31. The van der Waals surface area contributed by atoms with E-state index in [1.165, 1.54) is 0 Å². The van der Waals surface area contributed by atoms with Crippen molar-refractivity contribution in [3.8, 4) is 0 Å². The summed E-state index contributed by atoms with van der Waals surface area (Å²) in [6.45, 7) is 0. The van der Waals surface area contributed by atoms with Crippen LogP contribution in [0.15, 0.2) is 4.52 Å². The van der Waals surface area contributed by atoms with Gasteiger partial charge in [-0.15, -0.1) is 0 Å². The van der Waals surface area contributed by atoms with Crippen molar-refractivity contribution in [2.24, 2.45) is 0 Å². The molecule has 120 valence electrons. The molecule has 0 atom stereocenters. The molecular weight excluding hydrogens is 480 g/mol. The molecule has 0 saturated carbocycles. The average Bonchev–Trinajstić information content (AvgIpc) is 2.76. The minimum atomic E-state index is -4.75. The Morgan fingerprint density at radius 2 is 1.95 bits per heavy atom. The summed E-state index contributed by atoms with van der Waals surface area (Å²) in [5.41, 5.74) is 0. The Morgan fingerprint density at radius 1 is 1.33 bits per heavy atom. The topological polar surface area (TPSA) is 94.3 Å². The van der Waals surface area contributed by atoms with Gasteiger partial charge in [0, 0.05) is 0 Å². The summed E-state index contributed by atoms with van der Waals surface area (Å²) in [6.07, 6.45) is -5.96. The number of aromatic nitrogens is 2. The molecule has 7 nitrogen and oxygen atoms in total. The van der Waals surface area contributed by atoms with Crippen LogP contribution in [0.5, 0.6) is 0 Å². The second-order valence-electron chi connectivity index (χ2n) is 2.99. The molecule has 0 aromatic carbocycles. The fourth-order valence-corrected chi connectivity index (χ4v) is 2.19. The molecule has 0 aliphatic heterocycles. The van der Waals surface area contributed by atoms with Crippen LogP contribution in [0, 0.1) is 3.83 Å². The Morgan fingerprint density at radius 3 is 2.43 bits per heavy atom. The zero-order chi connectivity index (χ0) is 16.3. The second kappa shape index (κ2) is 7.15. The number of imide groups is 1. The van der Waals surface area contributed by atoms with E-state index in [0.29, 0.717) is 0 Å². The summed E-state index contributed by atoms with van der Waals surface area (Å²) in [6, 6.07) is 0. The van der Waals surface area contributed by atoms with E-state index in [9.17, 15) is 22.8 Å². The summed E-state index contributed by atoms with van der Waals surface area (Å²) >= 11 is 14.2. The minimum absolute atomic E-state index is 0.221. The van der Waals surface area contributed by atoms with Gasteiger partial charge in [-0.25, -0.2) is 0 Å². The molecular formula is C7H3Cl3F3IN3O4-. The van der Waals surface area contributed by atoms with Gasteiger partial charge in [-0.1, -0.05) is 0 Å². The van der Waals surface area contributed by atoms with Crippen LogP contribution in [-0.2, 0) is 15.7 Å². The van der Waals surface area contributed by atoms with Gasteiger partial charge in [0.15, 0.2) is 0 Å². The summed E-state index contributed by atoms with van der Waals surface area (Å²) in [5, 5.41) is 4.69. The van der Waals surface area contributed by atoms with Crippen LogP contribution in [0.3, 0.4) is 0 Å². The number of carbonyl (C=O) groups excluding carboxylic acids is 2. The van der Waals surface area contributed by atoms with E-state index >= 15 is 0 Å². The second-order valence-corrected chi connectivity index (χ2v) is 7.62. The molecule has 0 radical (unpaired) electrons. The molecule has 0 bridgehead atoms. The molecule has 1 aromatic rings. The van der Waals surface area contributed by atoms with Crippen LogP contribution < -0.4 is 26.5 Å². The first-order chi connectivity index (χ1) is 9.50. The number of carbonyl (C=O) groups is 2. The predicted octanol–water partition coefficient (Wildman–Crippen LogP) is -1.07. The van der Waals surface area contributed by atoms with Crippen LogP contribution in [-0.4, -0.2) is 30.5 Å². The summed E-state index contributed by atoms with van der Waals surface area (Å²) in [5.74, 6) is -2.72. The molecule has 21 heavy (non-hydrogen) atoms. The van der Waals surface area contributed by atoms with Crippen molar-refractivity contribution in [1.82, 2.24) is 15.5 Å². The van der Waals surface area contributed by atoms with Crippen molar-refractivity contribution in [2.75, 3.05) is 4.61 Å². The first-order valence-electron chi connectivity index (χ1n) is 4.55. The van der Waals surface area contributed by atoms with Crippen LogP contribution in [0.2, 0.25) is 0 Å². The van der Waals surface area contributed by atoms with Gasteiger partial charge in [0.1, 0.15) is 0 Å². The number of alkyl carbamates (subject to hydrolysis) is 1. The van der Waals surface area contributed by atoms with Gasteiger partial charge in [-0.05, 0) is 0 Å². The van der Waals surface area contributed by atoms with E-state index in [-0.39, 0.29) is 8.44 Å².